The van der Waals surface area contributed by atoms with Gasteiger partial charge in [-0.05, 0) is 13.8 Å². The van der Waals surface area contributed by atoms with Crippen molar-refractivity contribution < 1.29 is 28.6 Å². The molecular weight excluding hydrogens is 287 g/mol. The molecule has 2 unspecified atom stereocenters. The Hall–Kier alpha value is -0.950. The first-order valence-corrected chi connectivity index (χ1v) is 7.86. The summed E-state index contributed by atoms with van der Waals surface area (Å²) in [5, 5.41) is 29.7. The first-order valence-electron chi connectivity index (χ1n) is 6.31. The van der Waals surface area contributed by atoms with Crippen LogP contribution in [0.25, 0.3) is 0 Å². The summed E-state index contributed by atoms with van der Waals surface area (Å²) in [5.74, 6) is -0.441. The smallest absolute Gasteiger partial charge is 0.402 e. The second-order valence-corrected chi connectivity index (χ2v) is 6.61. The highest BCUT2D eigenvalue weighted by Gasteiger charge is 2.62. The third kappa shape index (κ3) is 3.58. The van der Waals surface area contributed by atoms with Crippen LogP contribution in [0.2, 0.25) is 0 Å². The highest BCUT2D eigenvalue weighted by atomic mass is 31.2. The van der Waals surface area contributed by atoms with Crippen molar-refractivity contribution in [1.82, 2.24) is 0 Å². The Morgan fingerprint density at radius 2 is 2.00 bits per heavy atom. The van der Waals surface area contributed by atoms with Crippen molar-refractivity contribution in [2.75, 3.05) is 19.8 Å². The third-order valence-electron chi connectivity index (χ3n) is 3.15. The fraction of sp³-hybridized carbons (Fsp3) is 0.818. The number of nitrogens with one attached hydrogen (secondary N) is 1. The molecule has 1 aliphatic heterocycles. The van der Waals surface area contributed by atoms with E-state index in [2.05, 4.69) is 6.72 Å². The molecule has 8 nitrogen and oxygen atoms in total. The van der Waals surface area contributed by atoms with Crippen molar-refractivity contribution in [3.05, 3.63) is 10.4 Å². The van der Waals surface area contributed by atoms with Gasteiger partial charge >= 0.3 is 7.60 Å². The molecule has 0 amide bonds. The van der Waals surface area contributed by atoms with E-state index in [1.165, 1.54) is 18.3 Å². The van der Waals surface area contributed by atoms with Crippen LogP contribution in [0.3, 0.4) is 0 Å². The van der Waals surface area contributed by atoms with Crippen LogP contribution in [0.1, 0.15) is 27.2 Å². The Balaban J connectivity index is 0.00000110. The van der Waals surface area contributed by atoms with Crippen LogP contribution in [0.4, 0.5) is 0 Å². The average molecular weight is 310 g/mol. The second-order valence-electron chi connectivity index (χ2n) is 4.20. The van der Waals surface area contributed by atoms with Crippen LogP contribution in [0.15, 0.2) is 0 Å². The van der Waals surface area contributed by atoms with Gasteiger partial charge in [0, 0.05) is 13.3 Å². The Morgan fingerprint density at radius 1 is 1.55 bits per heavy atom. The number of rotatable bonds is 6. The fourth-order valence-corrected chi connectivity index (χ4v) is 4.28. The van der Waals surface area contributed by atoms with Gasteiger partial charge in [0.1, 0.15) is 6.72 Å². The van der Waals surface area contributed by atoms with Gasteiger partial charge in [-0.3, -0.25) is 4.57 Å². The van der Waals surface area contributed by atoms with E-state index in [0.717, 1.165) is 0 Å². The SMILES string of the molecule is C=[NH+][O-].CCOP(=O)(OCC)C1(C)C(CO)CC=[N+]1[O-]. The third-order valence-corrected chi connectivity index (χ3v) is 6.02. The van der Waals surface area contributed by atoms with Crippen molar-refractivity contribution in [3.63, 3.8) is 0 Å². The number of hydroxylamine groups is 1. The van der Waals surface area contributed by atoms with Crippen molar-refractivity contribution in [2.45, 2.75) is 32.5 Å². The van der Waals surface area contributed by atoms with Crippen LogP contribution < -0.4 is 5.16 Å². The molecule has 2 N–H and O–H groups in total. The molecule has 9 heteroatoms. The highest BCUT2D eigenvalue weighted by Crippen LogP contribution is 2.64. The zero-order chi connectivity index (χ0) is 15.8. The number of hydrogen-bond acceptors (Lipinski definition) is 6. The molecule has 0 spiro atoms. The van der Waals surface area contributed by atoms with E-state index in [4.69, 9.17) is 14.3 Å². The maximum atomic E-state index is 12.7. The molecule has 0 saturated carbocycles. The molecule has 0 aromatic carbocycles. The van der Waals surface area contributed by atoms with Gasteiger partial charge in [-0.2, -0.15) is 4.74 Å². The topological polar surface area (TPSA) is 119 Å². The number of hydrogen-bond donors (Lipinski definition) is 2. The van der Waals surface area contributed by atoms with Gasteiger partial charge in [0.15, 0.2) is 6.21 Å². The Bertz CT molecular complexity index is 379. The maximum absolute atomic E-state index is 12.7. The molecule has 0 radical (unpaired) electrons. The van der Waals surface area contributed by atoms with Crippen molar-refractivity contribution in [2.24, 2.45) is 5.92 Å². The molecule has 20 heavy (non-hydrogen) atoms. The summed E-state index contributed by atoms with van der Waals surface area (Å²) in [7, 11) is -3.59. The zero-order valence-corrected chi connectivity index (χ0v) is 13.0. The highest BCUT2D eigenvalue weighted by molar-refractivity contribution is 7.55. The largest absolute Gasteiger partial charge is 0.626 e. The van der Waals surface area contributed by atoms with Crippen LogP contribution in [0.5, 0.6) is 0 Å². The fourth-order valence-electron chi connectivity index (χ4n) is 2.04. The summed E-state index contributed by atoms with van der Waals surface area (Å²) in [6.45, 7) is 7.75. The summed E-state index contributed by atoms with van der Waals surface area (Å²) >= 11 is 0. The predicted molar refractivity (Wildman–Crippen MR) is 75.6 cm³/mol. The number of aliphatic hydroxyl groups excluding tert-OH is 1. The Morgan fingerprint density at radius 3 is 2.35 bits per heavy atom. The molecule has 0 bridgehead atoms. The minimum absolute atomic E-state index is 0.193. The van der Waals surface area contributed by atoms with Crippen LogP contribution in [0, 0.1) is 16.3 Å². The second kappa shape index (κ2) is 8.36. The molecule has 1 heterocycles. The van der Waals surface area contributed by atoms with Crippen LogP contribution in [-0.2, 0) is 13.6 Å². The maximum Gasteiger partial charge on any atom is 0.402 e. The first kappa shape index (κ1) is 19.1. The van der Waals surface area contributed by atoms with Gasteiger partial charge in [-0.1, -0.05) is 0 Å². The van der Waals surface area contributed by atoms with Gasteiger partial charge in [0.2, 0.25) is 0 Å². The van der Waals surface area contributed by atoms with E-state index in [0.29, 0.717) is 11.2 Å². The Labute approximate surface area is 118 Å². The van der Waals surface area contributed by atoms with Gasteiger partial charge in [-0.25, -0.2) is 5.16 Å². The number of aliphatic hydroxyl groups is 1. The van der Waals surface area contributed by atoms with Gasteiger partial charge in [-0.15, -0.1) is 0 Å². The van der Waals surface area contributed by atoms with Crippen molar-refractivity contribution in [1.29, 1.82) is 0 Å². The molecule has 1 aliphatic rings. The van der Waals surface area contributed by atoms with E-state index in [-0.39, 0.29) is 19.8 Å². The quantitative estimate of drug-likeness (QED) is 0.231. The van der Waals surface area contributed by atoms with E-state index < -0.39 is 18.8 Å². The molecular formula is C11H23N2O6P. The summed E-state index contributed by atoms with van der Waals surface area (Å²) < 4.78 is 23.8. The number of nitrogens with zero attached hydrogens (tertiary/aromatic N) is 1. The molecule has 0 saturated heterocycles. The van der Waals surface area contributed by atoms with E-state index in [1.54, 1.807) is 13.8 Å². The predicted octanol–water partition coefficient (Wildman–Crippen LogP) is -0.173. The lowest BCUT2D eigenvalue weighted by atomic mass is 10.0. The first-order chi connectivity index (χ1) is 9.37. The summed E-state index contributed by atoms with van der Waals surface area (Å²) in [6, 6.07) is 0. The lowest BCUT2D eigenvalue weighted by Gasteiger charge is -2.34. The van der Waals surface area contributed by atoms with Gasteiger partial charge in [0.25, 0.3) is 5.28 Å². The van der Waals surface area contributed by atoms with Crippen molar-refractivity contribution >= 4 is 20.5 Å². The van der Waals surface area contributed by atoms with Gasteiger partial charge < -0.3 is 24.6 Å². The zero-order valence-electron chi connectivity index (χ0n) is 12.1. The normalized spacial score (nSPS) is 25.6. The molecule has 1 rings (SSSR count). The molecule has 2 atom stereocenters. The molecule has 0 aliphatic carbocycles. The standard InChI is InChI=1S/C10H20NO5P.CH3NO/c1-4-15-17(14,16-5-2)10(3)9(8-12)6-7-11(10)13;1-2-3/h7,9,12H,4-6,8H2,1-3H3;2H,1H2. The molecule has 0 aromatic rings. The van der Waals surface area contributed by atoms with E-state index >= 15 is 0 Å². The summed E-state index contributed by atoms with van der Waals surface area (Å²) in [5.41, 5.74) is 0. The molecule has 0 aromatic heterocycles. The average Bonchev–Trinajstić information content (AvgIpc) is 2.68. The minimum atomic E-state index is -3.59. The van der Waals surface area contributed by atoms with Crippen molar-refractivity contribution in [3.8, 4) is 0 Å². The lowest BCUT2D eigenvalue weighted by Crippen LogP contribution is -2.56. The summed E-state index contributed by atoms with van der Waals surface area (Å²) in [6.07, 6.45) is 1.76. The Kier molecular flexibility index (Phi) is 7.96. The van der Waals surface area contributed by atoms with E-state index in [9.17, 15) is 14.9 Å². The molecule has 118 valence electrons. The monoisotopic (exact) mass is 310 g/mol. The molecule has 0 fully saturated rings. The van der Waals surface area contributed by atoms with Crippen LogP contribution in [-0.4, -0.2) is 47.9 Å². The van der Waals surface area contributed by atoms with Crippen LogP contribution >= 0.6 is 7.60 Å². The summed E-state index contributed by atoms with van der Waals surface area (Å²) in [4.78, 5) is 0. The van der Waals surface area contributed by atoms with Gasteiger partial charge in [0.05, 0.1) is 25.7 Å². The lowest BCUT2D eigenvalue weighted by molar-refractivity contribution is -0.515. The van der Waals surface area contributed by atoms with E-state index in [1.807, 2.05) is 0 Å². The minimum Gasteiger partial charge on any atom is -0.626 e.